The molecule has 2 atom stereocenters. The van der Waals surface area contributed by atoms with Gasteiger partial charge in [0.2, 0.25) is 0 Å². The molecule has 5 heteroatoms. The summed E-state index contributed by atoms with van der Waals surface area (Å²) in [6.07, 6.45) is 2.92. The van der Waals surface area contributed by atoms with Crippen LogP contribution in [0.15, 0.2) is 0 Å². The topological polar surface area (TPSA) is 48.3 Å². The molecule has 2 aliphatic rings. The van der Waals surface area contributed by atoms with Crippen molar-refractivity contribution in [3.8, 4) is 0 Å². The van der Waals surface area contributed by atoms with E-state index in [2.05, 4.69) is 37.7 Å². The Balaban J connectivity index is 1.91. The first-order valence-electron chi connectivity index (χ1n) is 8.10. The van der Waals surface area contributed by atoms with Crippen molar-refractivity contribution in [1.29, 1.82) is 0 Å². The molecular formula is C16H27N3O2. The average molecular weight is 293 g/mol. The molecule has 0 amide bonds. The van der Waals surface area contributed by atoms with Gasteiger partial charge in [-0.25, -0.2) is 0 Å². The van der Waals surface area contributed by atoms with Crippen LogP contribution in [-0.4, -0.2) is 41.4 Å². The van der Waals surface area contributed by atoms with E-state index < -0.39 is 0 Å². The van der Waals surface area contributed by atoms with E-state index in [1.807, 2.05) is 0 Å². The zero-order valence-corrected chi connectivity index (χ0v) is 13.6. The van der Waals surface area contributed by atoms with Gasteiger partial charge >= 0.3 is 0 Å². The van der Waals surface area contributed by atoms with Crippen molar-refractivity contribution >= 4 is 0 Å². The van der Waals surface area contributed by atoms with E-state index >= 15 is 0 Å². The first-order chi connectivity index (χ1) is 10.1. The summed E-state index contributed by atoms with van der Waals surface area (Å²) in [4.78, 5) is 0. The molecule has 0 radical (unpaired) electrons. The largest absolute Gasteiger partial charge is 0.347 e. The lowest BCUT2D eigenvalue weighted by molar-refractivity contribution is -0.189. The standard InChI is InChI=1S/C16H27N3O2/c1-5-17-14-6-7-16(20-8-9-21-16)10-15(14)19-13(4)11(2)12(3)18-19/h14-15,17H,5-10H2,1-4H3. The first-order valence-corrected chi connectivity index (χ1v) is 8.10. The number of hydrogen-bond acceptors (Lipinski definition) is 4. The number of rotatable bonds is 3. The van der Waals surface area contributed by atoms with E-state index in [1.165, 1.54) is 11.3 Å². The highest BCUT2D eigenvalue weighted by molar-refractivity contribution is 5.23. The van der Waals surface area contributed by atoms with Gasteiger partial charge in [-0.2, -0.15) is 5.10 Å². The Morgan fingerprint density at radius 3 is 2.57 bits per heavy atom. The summed E-state index contributed by atoms with van der Waals surface area (Å²) in [5.41, 5.74) is 3.67. The molecule has 0 bridgehead atoms. The van der Waals surface area contributed by atoms with Gasteiger partial charge < -0.3 is 14.8 Å². The van der Waals surface area contributed by atoms with Crippen LogP contribution in [-0.2, 0) is 9.47 Å². The van der Waals surface area contributed by atoms with Crippen LogP contribution < -0.4 is 5.32 Å². The van der Waals surface area contributed by atoms with Crippen LogP contribution in [0.5, 0.6) is 0 Å². The number of aromatic nitrogens is 2. The summed E-state index contributed by atoms with van der Waals surface area (Å²) in [5, 5.41) is 8.41. The molecule has 2 fully saturated rings. The fraction of sp³-hybridized carbons (Fsp3) is 0.812. The van der Waals surface area contributed by atoms with Gasteiger partial charge in [0.1, 0.15) is 0 Å². The quantitative estimate of drug-likeness (QED) is 0.928. The predicted molar refractivity (Wildman–Crippen MR) is 81.4 cm³/mol. The number of nitrogens with one attached hydrogen (secondary N) is 1. The molecule has 118 valence electrons. The molecule has 21 heavy (non-hydrogen) atoms. The molecule has 1 saturated heterocycles. The van der Waals surface area contributed by atoms with E-state index in [1.54, 1.807) is 0 Å². The van der Waals surface area contributed by atoms with Crippen LogP contribution in [0.2, 0.25) is 0 Å². The Hall–Kier alpha value is -0.910. The lowest BCUT2D eigenvalue weighted by Crippen LogP contribution is -2.49. The minimum Gasteiger partial charge on any atom is -0.347 e. The number of aryl methyl sites for hydroxylation is 1. The summed E-state index contributed by atoms with van der Waals surface area (Å²) in [7, 11) is 0. The lowest BCUT2D eigenvalue weighted by atomic mass is 9.85. The molecule has 3 rings (SSSR count). The molecule has 1 saturated carbocycles. The summed E-state index contributed by atoms with van der Waals surface area (Å²) in [6, 6.07) is 0.732. The summed E-state index contributed by atoms with van der Waals surface area (Å²) < 4.78 is 14.1. The third-order valence-corrected chi connectivity index (χ3v) is 5.10. The molecule has 1 aliphatic heterocycles. The van der Waals surface area contributed by atoms with E-state index in [0.29, 0.717) is 12.1 Å². The number of ether oxygens (including phenoxy) is 2. The maximum absolute atomic E-state index is 5.95. The van der Waals surface area contributed by atoms with Crippen LogP contribution in [0.3, 0.4) is 0 Å². The van der Waals surface area contributed by atoms with Crippen LogP contribution >= 0.6 is 0 Å². The van der Waals surface area contributed by atoms with Gasteiger partial charge in [0, 0.05) is 24.6 Å². The maximum atomic E-state index is 5.95. The minimum absolute atomic E-state index is 0.296. The van der Waals surface area contributed by atoms with Crippen molar-refractivity contribution in [1.82, 2.24) is 15.1 Å². The molecule has 1 aromatic heterocycles. The molecule has 0 aromatic carbocycles. The maximum Gasteiger partial charge on any atom is 0.170 e. The zero-order chi connectivity index (χ0) is 15.0. The van der Waals surface area contributed by atoms with Gasteiger partial charge in [-0.3, -0.25) is 4.68 Å². The third kappa shape index (κ3) is 2.62. The van der Waals surface area contributed by atoms with Crippen molar-refractivity contribution in [2.75, 3.05) is 19.8 Å². The van der Waals surface area contributed by atoms with Gasteiger partial charge in [0.05, 0.1) is 24.9 Å². The highest BCUT2D eigenvalue weighted by atomic mass is 16.7. The van der Waals surface area contributed by atoms with E-state index in [-0.39, 0.29) is 5.79 Å². The highest BCUT2D eigenvalue weighted by Gasteiger charge is 2.46. The number of likely N-dealkylation sites (N-methyl/N-ethyl adjacent to an activating group) is 1. The Morgan fingerprint density at radius 2 is 2.00 bits per heavy atom. The molecular weight excluding hydrogens is 266 g/mol. The summed E-state index contributed by atoms with van der Waals surface area (Å²) in [5.74, 6) is -0.378. The number of hydrogen-bond donors (Lipinski definition) is 1. The smallest absolute Gasteiger partial charge is 0.170 e. The van der Waals surface area contributed by atoms with Crippen molar-refractivity contribution in [3.63, 3.8) is 0 Å². The average Bonchev–Trinajstić information content (AvgIpc) is 3.02. The van der Waals surface area contributed by atoms with Crippen LogP contribution in [0, 0.1) is 20.8 Å². The normalized spacial score (nSPS) is 28.4. The fourth-order valence-corrected chi connectivity index (χ4v) is 3.72. The van der Waals surface area contributed by atoms with Gasteiger partial charge in [-0.15, -0.1) is 0 Å². The van der Waals surface area contributed by atoms with E-state index in [4.69, 9.17) is 14.6 Å². The zero-order valence-electron chi connectivity index (χ0n) is 13.6. The first kappa shape index (κ1) is 15.0. The highest BCUT2D eigenvalue weighted by Crippen LogP contribution is 2.41. The fourth-order valence-electron chi connectivity index (χ4n) is 3.72. The number of nitrogens with zero attached hydrogens (tertiary/aromatic N) is 2. The molecule has 5 nitrogen and oxygen atoms in total. The van der Waals surface area contributed by atoms with Crippen molar-refractivity contribution < 1.29 is 9.47 Å². The molecule has 1 aliphatic carbocycles. The third-order valence-electron chi connectivity index (χ3n) is 5.10. The lowest BCUT2D eigenvalue weighted by Gasteiger charge is -2.41. The summed E-state index contributed by atoms with van der Waals surface area (Å²) >= 11 is 0. The van der Waals surface area contributed by atoms with E-state index in [0.717, 1.165) is 44.7 Å². The van der Waals surface area contributed by atoms with Crippen molar-refractivity contribution in [2.45, 2.75) is 64.8 Å². The van der Waals surface area contributed by atoms with Crippen molar-refractivity contribution in [3.05, 3.63) is 17.0 Å². The van der Waals surface area contributed by atoms with Gasteiger partial charge in [0.25, 0.3) is 0 Å². The summed E-state index contributed by atoms with van der Waals surface area (Å²) in [6.45, 7) is 11.0. The van der Waals surface area contributed by atoms with Crippen molar-refractivity contribution in [2.24, 2.45) is 0 Å². The second-order valence-corrected chi connectivity index (χ2v) is 6.32. The van der Waals surface area contributed by atoms with Gasteiger partial charge in [-0.1, -0.05) is 6.92 Å². The van der Waals surface area contributed by atoms with Crippen LogP contribution in [0.4, 0.5) is 0 Å². The predicted octanol–water partition coefficient (Wildman–Crippen LogP) is 2.25. The Kier molecular flexibility index (Phi) is 4.08. The van der Waals surface area contributed by atoms with Gasteiger partial charge in [-0.05, 0) is 39.3 Å². The second kappa shape index (κ2) is 5.71. The molecule has 1 aromatic rings. The monoisotopic (exact) mass is 293 g/mol. The molecule has 2 heterocycles. The van der Waals surface area contributed by atoms with Gasteiger partial charge in [0.15, 0.2) is 5.79 Å². The Morgan fingerprint density at radius 1 is 1.29 bits per heavy atom. The van der Waals surface area contributed by atoms with Crippen LogP contribution in [0.25, 0.3) is 0 Å². The molecule has 2 unspecified atom stereocenters. The van der Waals surface area contributed by atoms with E-state index in [9.17, 15) is 0 Å². The minimum atomic E-state index is -0.378. The molecule has 1 spiro atoms. The SMILES string of the molecule is CCNC1CCC2(CC1n1nc(C)c(C)c1C)OCCO2. The molecule has 1 N–H and O–H groups in total. The Bertz CT molecular complexity index is 506. The second-order valence-electron chi connectivity index (χ2n) is 6.32. The Labute approximate surface area is 127 Å². The van der Waals surface area contributed by atoms with Crippen LogP contribution in [0.1, 0.15) is 49.2 Å².